The second-order valence-electron chi connectivity index (χ2n) is 3.83. The summed E-state index contributed by atoms with van der Waals surface area (Å²) in [5.41, 5.74) is 1.18. The molecule has 16 heavy (non-hydrogen) atoms. The molecule has 1 rings (SSSR count). The number of ether oxygens (including phenoxy) is 1. The van der Waals surface area contributed by atoms with Crippen LogP contribution in [0.2, 0.25) is 0 Å². The van der Waals surface area contributed by atoms with Gasteiger partial charge in [0.25, 0.3) is 0 Å². The molecule has 1 N–H and O–H groups in total. The molecule has 0 saturated heterocycles. The van der Waals surface area contributed by atoms with Gasteiger partial charge in [0, 0.05) is 6.61 Å². The zero-order valence-electron chi connectivity index (χ0n) is 10.2. The summed E-state index contributed by atoms with van der Waals surface area (Å²) in [6.45, 7) is 7.80. The highest BCUT2D eigenvalue weighted by molar-refractivity contribution is 5.19. The van der Waals surface area contributed by atoms with E-state index in [-0.39, 0.29) is 0 Å². The molecule has 0 bridgehead atoms. The Morgan fingerprint density at radius 1 is 1.56 bits per heavy atom. The van der Waals surface area contributed by atoms with Gasteiger partial charge < -0.3 is 14.5 Å². The first-order chi connectivity index (χ1) is 7.77. The average molecular weight is 223 g/mol. The fraction of sp³-hybridized carbons (Fsp3) is 0.538. The van der Waals surface area contributed by atoms with E-state index in [1.165, 1.54) is 5.56 Å². The third-order valence-electron chi connectivity index (χ3n) is 2.35. The van der Waals surface area contributed by atoms with E-state index in [0.717, 1.165) is 37.5 Å². The van der Waals surface area contributed by atoms with Crippen LogP contribution in [0.5, 0.6) is 0 Å². The van der Waals surface area contributed by atoms with Crippen LogP contribution in [0.25, 0.3) is 0 Å². The molecule has 0 aliphatic carbocycles. The van der Waals surface area contributed by atoms with Gasteiger partial charge in [0.15, 0.2) is 0 Å². The number of nitrogens with one attached hydrogen (secondary N) is 1. The van der Waals surface area contributed by atoms with Crippen LogP contribution in [-0.2, 0) is 17.9 Å². The first-order valence-electron chi connectivity index (χ1n) is 5.69. The Balaban J connectivity index is 2.31. The average Bonchev–Trinajstić information content (AvgIpc) is 2.60. The predicted octanol–water partition coefficient (Wildman–Crippen LogP) is 2.79. The number of allylic oxidation sites excluding steroid dienone is 1. The zero-order chi connectivity index (χ0) is 11.8. The molecule has 0 unspecified atom stereocenters. The molecule has 0 amide bonds. The van der Waals surface area contributed by atoms with Gasteiger partial charge in [-0.2, -0.15) is 0 Å². The van der Waals surface area contributed by atoms with Crippen molar-refractivity contribution in [2.24, 2.45) is 0 Å². The van der Waals surface area contributed by atoms with E-state index in [1.54, 1.807) is 0 Å². The van der Waals surface area contributed by atoms with Crippen LogP contribution < -0.4 is 5.32 Å². The Morgan fingerprint density at radius 3 is 3.06 bits per heavy atom. The minimum atomic E-state index is 0.557. The van der Waals surface area contributed by atoms with Crippen LogP contribution in [0.1, 0.15) is 29.9 Å². The van der Waals surface area contributed by atoms with Gasteiger partial charge in [-0.3, -0.25) is 0 Å². The van der Waals surface area contributed by atoms with Crippen LogP contribution in [0.3, 0.4) is 0 Å². The number of furan rings is 1. The lowest BCUT2D eigenvalue weighted by Gasteiger charge is -2.00. The van der Waals surface area contributed by atoms with Crippen molar-refractivity contribution in [3.8, 4) is 0 Å². The smallest absolute Gasteiger partial charge is 0.130 e. The van der Waals surface area contributed by atoms with E-state index < -0.39 is 0 Å². The number of hydrogen-bond donors (Lipinski definition) is 1. The first-order valence-corrected chi connectivity index (χ1v) is 5.69. The number of unbranched alkanes of at least 4 members (excludes halogenated alkanes) is 1. The molecule has 0 spiro atoms. The molecule has 0 atom stereocenters. The number of aryl methyl sites for hydroxylation is 1. The van der Waals surface area contributed by atoms with Gasteiger partial charge in [-0.15, -0.1) is 6.58 Å². The topological polar surface area (TPSA) is 34.4 Å². The summed E-state index contributed by atoms with van der Waals surface area (Å²) >= 11 is 0. The maximum absolute atomic E-state index is 5.65. The fourth-order valence-corrected chi connectivity index (χ4v) is 1.50. The van der Waals surface area contributed by atoms with Gasteiger partial charge in [0.05, 0.1) is 6.54 Å². The van der Waals surface area contributed by atoms with Crippen molar-refractivity contribution in [1.29, 1.82) is 0 Å². The monoisotopic (exact) mass is 223 g/mol. The molecule has 0 aliphatic rings. The van der Waals surface area contributed by atoms with Crippen LogP contribution in [0.4, 0.5) is 0 Å². The van der Waals surface area contributed by atoms with Gasteiger partial charge in [-0.05, 0) is 38.4 Å². The largest absolute Gasteiger partial charge is 0.462 e. The summed E-state index contributed by atoms with van der Waals surface area (Å²) in [5, 5.41) is 3.08. The van der Waals surface area contributed by atoms with E-state index in [0.29, 0.717) is 6.61 Å². The quantitative estimate of drug-likeness (QED) is 0.543. The van der Waals surface area contributed by atoms with Crippen molar-refractivity contribution in [3.05, 3.63) is 35.8 Å². The van der Waals surface area contributed by atoms with Gasteiger partial charge >= 0.3 is 0 Å². The van der Waals surface area contributed by atoms with Crippen molar-refractivity contribution in [2.75, 3.05) is 13.7 Å². The lowest BCUT2D eigenvalue weighted by atomic mass is 10.2. The molecule has 0 aromatic carbocycles. The van der Waals surface area contributed by atoms with Crippen LogP contribution >= 0.6 is 0 Å². The Morgan fingerprint density at radius 2 is 2.38 bits per heavy atom. The number of rotatable bonds is 8. The molecule has 0 fully saturated rings. The molecule has 3 heteroatoms. The summed E-state index contributed by atoms with van der Waals surface area (Å²) < 4.78 is 11.2. The molecule has 1 heterocycles. The molecule has 1 aromatic rings. The molecule has 90 valence electrons. The molecular weight excluding hydrogens is 202 g/mol. The summed E-state index contributed by atoms with van der Waals surface area (Å²) in [5.74, 6) is 1.90. The normalized spacial score (nSPS) is 10.6. The van der Waals surface area contributed by atoms with Gasteiger partial charge in [0.2, 0.25) is 0 Å². The Hall–Kier alpha value is -1.06. The van der Waals surface area contributed by atoms with Gasteiger partial charge in [-0.1, -0.05) is 6.08 Å². The summed E-state index contributed by atoms with van der Waals surface area (Å²) in [4.78, 5) is 0. The SMILES string of the molecule is C=CCCCOCc1cc(C)c(CNC)o1. The molecular formula is C13H21NO2. The van der Waals surface area contributed by atoms with Crippen LogP contribution in [0, 0.1) is 6.92 Å². The second-order valence-corrected chi connectivity index (χ2v) is 3.83. The molecule has 3 nitrogen and oxygen atoms in total. The molecule has 0 saturated carbocycles. The molecule has 0 radical (unpaired) electrons. The predicted molar refractivity (Wildman–Crippen MR) is 65.3 cm³/mol. The van der Waals surface area contributed by atoms with Gasteiger partial charge in [-0.25, -0.2) is 0 Å². The lowest BCUT2D eigenvalue weighted by Crippen LogP contribution is -2.04. The van der Waals surface area contributed by atoms with Crippen LogP contribution in [-0.4, -0.2) is 13.7 Å². The molecule has 1 aromatic heterocycles. The van der Waals surface area contributed by atoms with E-state index in [1.807, 2.05) is 19.2 Å². The van der Waals surface area contributed by atoms with E-state index >= 15 is 0 Å². The summed E-state index contributed by atoms with van der Waals surface area (Å²) in [6, 6.07) is 2.04. The lowest BCUT2D eigenvalue weighted by molar-refractivity contribution is 0.103. The fourth-order valence-electron chi connectivity index (χ4n) is 1.50. The van der Waals surface area contributed by atoms with Crippen molar-refractivity contribution in [1.82, 2.24) is 5.32 Å². The minimum absolute atomic E-state index is 0.557. The van der Waals surface area contributed by atoms with Crippen molar-refractivity contribution in [3.63, 3.8) is 0 Å². The van der Waals surface area contributed by atoms with Crippen molar-refractivity contribution in [2.45, 2.75) is 32.9 Å². The Labute approximate surface area is 97.5 Å². The van der Waals surface area contributed by atoms with Crippen molar-refractivity contribution >= 4 is 0 Å². The Bertz CT molecular complexity index is 318. The third kappa shape index (κ3) is 4.21. The Kier molecular flexibility index (Phi) is 5.90. The van der Waals surface area contributed by atoms with E-state index in [9.17, 15) is 0 Å². The minimum Gasteiger partial charge on any atom is -0.462 e. The highest BCUT2D eigenvalue weighted by Gasteiger charge is 2.06. The standard InChI is InChI=1S/C13H21NO2/c1-4-5-6-7-15-10-12-8-11(2)13(16-12)9-14-3/h4,8,14H,1,5-7,9-10H2,2-3H3. The summed E-state index contributed by atoms with van der Waals surface area (Å²) in [6.07, 6.45) is 3.93. The zero-order valence-corrected chi connectivity index (χ0v) is 10.2. The first kappa shape index (κ1) is 13.0. The van der Waals surface area contributed by atoms with Crippen molar-refractivity contribution < 1.29 is 9.15 Å². The second kappa shape index (κ2) is 7.25. The van der Waals surface area contributed by atoms with E-state index in [4.69, 9.17) is 9.15 Å². The highest BCUT2D eigenvalue weighted by Crippen LogP contribution is 2.15. The maximum atomic E-state index is 5.65. The maximum Gasteiger partial charge on any atom is 0.130 e. The number of hydrogen-bond acceptors (Lipinski definition) is 3. The molecule has 0 aliphatic heterocycles. The highest BCUT2D eigenvalue weighted by atomic mass is 16.5. The van der Waals surface area contributed by atoms with Crippen LogP contribution in [0.15, 0.2) is 23.1 Å². The van der Waals surface area contributed by atoms with E-state index in [2.05, 4.69) is 18.8 Å². The third-order valence-corrected chi connectivity index (χ3v) is 2.35. The summed E-state index contributed by atoms with van der Waals surface area (Å²) in [7, 11) is 1.91. The van der Waals surface area contributed by atoms with Gasteiger partial charge in [0.1, 0.15) is 18.1 Å².